The quantitative estimate of drug-likeness (QED) is 0.614. The van der Waals surface area contributed by atoms with Crippen LogP contribution in [0.2, 0.25) is 0 Å². The lowest BCUT2D eigenvalue weighted by Gasteiger charge is -1.87. The van der Waals surface area contributed by atoms with E-state index in [-0.39, 0.29) is 5.82 Å². The molecule has 0 atom stereocenters. The third-order valence-electron chi connectivity index (χ3n) is 1.55. The maximum absolute atomic E-state index is 8.70. The molecular formula is C8H11N5. The maximum Gasteiger partial charge on any atom is 0.163 e. The van der Waals surface area contributed by atoms with Crippen LogP contribution in [0.25, 0.3) is 6.08 Å². The monoisotopic (exact) mass is 177 g/mol. The smallest absolute Gasteiger partial charge is 0.163 e. The molecule has 0 unspecified atom stereocenters. The molecule has 5 heteroatoms. The van der Waals surface area contributed by atoms with Crippen LogP contribution in [0.5, 0.6) is 0 Å². The molecule has 5 N–H and O–H groups in total. The second-order valence-electron chi connectivity index (χ2n) is 2.49. The summed E-state index contributed by atoms with van der Waals surface area (Å²) in [5, 5.41) is 15.1. The maximum atomic E-state index is 8.70. The van der Waals surface area contributed by atoms with E-state index in [1.165, 1.54) is 0 Å². The summed E-state index contributed by atoms with van der Waals surface area (Å²) >= 11 is 0. The third kappa shape index (κ3) is 2.07. The van der Waals surface area contributed by atoms with E-state index in [1.54, 1.807) is 6.08 Å². The number of nitrogens with two attached hydrogens (primary N) is 2. The normalized spacial score (nSPS) is 10.5. The number of aromatic amines is 1. The Morgan fingerprint density at radius 2 is 2.38 bits per heavy atom. The van der Waals surface area contributed by atoms with Gasteiger partial charge in [0.25, 0.3) is 0 Å². The van der Waals surface area contributed by atoms with Crippen LogP contribution in [0, 0.1) is 11.3 Å². The van der Waals surface area contributed by atoms with Crippen molar-refractivity contribution < 1.29 is 0 Å². The van der Waals surface area contributed by atoms with Crippen molar-refractivity contribution in [3.8, 4) is 6.07 Å². The van der Waals surface area contributed by atoms with E-state index < -0.39 is 0 Å². The van der Waals surface area contributed by atoms with Crippen molar-refractivity contribution in [1.82, 2.24) is 10.2 Å². The molecule has 0 saturated heterocycles. The minimum Gasteiger partial charge on any atom is -0.381 e. The molecule has 0 spiro atoms. The van der Waals surface area contributed by atoms with Crippen LogP contribution in [0.15, 0.2) is 6.08 Å². The van der Waals surface area contributed by atoms with E-state index >= 15 is 0 Å². The molecule has 68 valence electrons. The van der Waals surface area contributed by atoms with Gasteiger partial charge in [0.05, 0.1) is 5.69 Å². The van der Waals surface area contributed by atoms with Crippen LogP contribution in [0.4, 0.5) is 5.82 Å². The van der Waals surface area contributed by atoms with Crippen LogP contribution in [-0.4, -0.2) is 16.7 Å². The highest BCUT2D eigenvalue weighted by Gasteiger charge is 2.05. The molecule has 0 aliphatic rings. The molecule has 1 heterocycles. The predicted molar refractivity (Wildman–Crippen MR) is 50.4 cm³/mol. The lowest BCUT2D eigenvalue weighted by molar-refractivity contribution is 1.01. The number of anilines is 1. The summed E-state index contributed by atoms with van der Waals surface area (Å²) in [6.45, 7) is 0.585. The molecule has 13 heavy (non-hydrogen) atoms. The molecule has 0 aromatic carbocycles. The number of aromatic nitrogens is 2. The van der Waals surface area contributed by atoms with E-state index in [1.807, 2.05) is 12.1 Å². The minimum absolute atomic E-state index is 0.231. The molecule has 1 aromatic heterocycles. The van der Waals surface area contributed by atoms with E-state index in [0.717, 1.165) is 6.42 Å². The SMILES string of the molecule is N#Cc1c(N)n[nH]c1C=CCCN. The van der Waals surface area contributed by atoms with Gasteiger partial charge in [0.2, 0.25) is 0 Å². The fraction of sp³-hybridized carbons (Fsp3) is 0.250. The second kappa shape index (κ2) is 4.28. The second-order valence-corrected chi connectivity index (χ2v) is 2.49. The highest BCUT2D eigenvalue weighted by atomic mass is 15.2. The van der Waals surface area contributed by atoms with Gasteiger partial charge in [-0.05, 0) is 19.0 Å². The Bertz CT molecular complexity index is 344. The van der Waals surface area contributed by atoms with Crippen LogP contribution in [0.1, 0.15) is 17.7 Å². The van der Waals surface area contributed by atoms with Crippen molar-refractivity contribution >= 4 is 11.9 Å². The van der Waals surface area contributed by atoms with Gasteiger partial charge in [-0.1, -0.05) is 6.08 Å². The molecule has 0 saturated carbocycles. The van der Waals surface area contributed by atoms with Crippen LogP contribution >= 0.6 is 0 Å². The highest BCUT2D eigenvalue weighted by Crippen LogP contribution is 2.12. The number of nitrogen functional groups attached to an aromatic ring is 1. The summed E-state index contributed by atoms with van der Waals surface area (Å²) < 4.78 is 0. The van der Waals surface area contributed by atoms with E-state index in [4.69, 9.17) is 16.7 Å². The summed E-state index contributed by atoms with van der Waals surface area (Å²) in [7, 11) is 0. The summed E-state index contributed by atoms with van der Waals surface area (Å²) in [6.07, 6.45) is 4.40. The molecule has 0 aliphatic carbocycles. The number of H-pyrrole nitrogens is 1. The Morgan fingerprint density at radius 1 is 1.62 bits per heavy atom. The fourth-order valence-corrected chi connectivity index (χ4v) is 0.906. The first kappa shape index (κ1) is 9.29. The first-order chi connectivity index (χ1) is 6.29. The zero-order valence-electron chi connectivity index (χ0n) is 7.12. The Hall–Kier alpha value is -1.80. The average molecular weight is 177 g/mol. The average Bonchev–Trinajstić information content (AvgIpc) is 2.47. The molecule has 0 fully saturated rings. The van der Waals surface area contributed by atoms with Crippen molar-refractivity contribution in [2.75, 3.05) is 12.3 Å². The minimum atomic E-state index is 0.231. The van der Waals surface area contributed by atoms with Crippen molar-refractivity contribution in [1.29, 1.82) is 5.26 Å². The highest BCUT2D eigenvalue weighted by molar-refractivity contribution is 5.62. The summed E-state index contributed by atoms with van der Waals surface area (Å²) in [5.74, 6) is 0.231. The van der Waals surface area contributed by atoms with Gasteiger partial charge in [0.15, 0.2) is 5.82 Å². The standard InChI is InChI=1S/C8H11N5/c9-4-2-1-3-7-6(5-10)8(11)13-12-7/h1,3H,2,4,9H2,(H3,11,12,13). The van der Waals surface area contributed by atoms with Gasteiger partial charge in [0, 0.05) is 0 Å². The van der Waals surface area contributed by atoms with E-state index in [0.29, 0.717) is 17.8 Å². The Balaban J connectivity index is 2.84. The van der Waals surface area contributed by atoms with Gasteiger partial charge in [-0.25, -0.2) is 0 Å². The molecule has 0 amide bonds. The van der Waals surface area contributed by atoms with Crippen LogP contribution in [0.3, 0.4) is 0 Å². The third-order valence-corrected chi connectivity index (χ3v) is 1.55. The molecule has 1 rings (SSSR count). The van der Waals surface area contributed by atoms with Gasteiger partial charge in [-0.15, -0.1) is 0 Å². The number of nitriles is 1. The Morgan fingerprint density at radius 3 is 3.00 bits per heavy atom. The molecular weight excluding hydrogens is 166 g/mol. The van der Waals surface area contributed by atoms with E-state index in [9.17, 15) is 0 Å². The molecule has 0 radical (unpaired) electrons. The Kier molecular flexibility index (Phi) is 3.06. The van der Waals surface area contributed by atoms with Crippen molar-refractivity contribution in [3.63, 3.8) is 0 Å². The van der Waals surface area contributed by atoms with Gasteiger partial charge in [0.1, 0.15) is 11.6 Å². The summed E-state index contributed by atoms with van der Waals surface area (Å²) in [5.41, 5.74) is 11.7. The fourth-order valence-electron chi connectivity index (χ4n) is 0.906. The van der Waals surface area contributed by atoms with Crippen LogP contribution < -0.4 is 11.5 Å². The van der Waals surface area contributed by atoms with Crippen LogP contribution in [-0.2, 0) is 0 Å². The molecule has 0 bridgehead atoms. The Labute approximate surface area is 76.0 Å². The number of rotatable bonds is 3. The first-order valence-electron chi connectivity index (χ1n) is 3.90. The zero-order valence-corrected chi connectivity index (χ0v) is 7.12. The van der Waals surface area contributed by atoms with Gasteiger partial charge in [-0.3, -0.25) is 5.10 Å². The lowest BCUT2D eigenvalue weighted by atomic mass is 10.2. The number of hydrogen-bond acceptors (Lipinski definition) is 4. The van der Waals surface area contributed by atoms with Gasteiger partial charge < -0.3 is 11.5 Å². The molecule has 0 aliphatic heterocycles. The first-order valence-corrected chi connectivity index (χ1v) is 3.90. The topological polar surface area (TPSA) is 105 Å². The summed E-state index contributed by atoms with van der Waals surface area (Å²) in [6, 6.07) is 1.97. The van der Waals surface area contributed by atoms with Crippen molar-refractivity contribution in [2.24, 2.45) is 5.73 Å². The zero-order chi connectivity index (χ0) is 9.68. The van der Waals surface area contributed by atoms with Gasteiger partial charge in [-0.2, -0.15) is 10.4 Å². The predicted octanol–water partition coefficient (Wildman–Crippen LogP) is 0.226. The van der Waals surface area contributed by atoms with Crippen molar-refractivity contribution in [3.05, 3.63) is 17.3 Å². The lowest BCUT2D eigenvalue weighted by Crippen LogP contribution is -1.95. The van der Waals surface area contributed by atoms with Crippen molar-refractivity contribution in [2.45, 2.75) is 6.42 Å². The molecule has 1 aromatic rings. The number of nitrogens with zero attached hydrogens (tertiary/aromatic N) is 2. The number of nitrogens with one attached hydrogen (secondary N) is 1. The molecule has 5 nitrogen and oxygen atoms in total. The largest absolute Gasteiger partial charge is 0.381 e. The summed E-state index contributed by atoms with van der Waals surface area (Å²) in [4.78, 5) is 0. The van der Waals surface area contributed by atoms with Gasteiger partial charge >= 0.3 is 0 Å². The number of hydrogen-bond donors (Lipinski definition) is 3. The van der Waals surface area contributed by atoms with E-state index in [2.05, 4.69) is 10.2 Å².